The summed E-state index contributed by atoms with van der Waals surface area (Å²) >= 11 is 3.43. The number of aromatic amines is 1. The van der Waals surface area contributed by atoms with Gasteiger partial charge in [0.2, 0.25) is 0 Å². The second-order valence-corrected chi connectivity index (χ2v) is 4.98. The molecule has 0 aliphatic heterocycles. The SMILES string of the molecule is Nc1cc(-c2cc3cc(Br)ccc3cc2O)[nH]n1. The molecule has 3 rings (SSSR count). The van der Waals surface area contributed by atoms with Gasteiger partial charge in [-0.15, -0.1) is 0 Å². The second kappa shape index (κ2) is 4.03. The van der Waals surface area contributed by atoms with Crippen LogP contribution in [-0.2, 0) is 0 Å². The molecule has 0 saturated heterocycles. The van der Waals surface area contributed by atoms with E-state index in [1.807, 2.05) is 24.3 Å². The molecule has 0 bridgehead atoms. The van der Waals surface area contributed by atoms with E-state index in [4.69, 9.17) is 5.73 Å². The Morgan fingerprint density at radius 1 is 1.11 bits per heavy atom. The van der Waals surface area contributed by atoms with Crippen LogP contribution in [0, 0.1) is 0 Å². The minimum absolute atomic E-state index is 0.202. The van der Waals surface area contributed by atoms with Crippen LogP contribution in [0.4, 0.5) is 5.82 Å². The first-order valence-corrected chi connectivity index (χ1v) is 6.16. The minimum atomic E-state index is 0.202. The average molecular weight is 304 g/mol. The standard InChI is InChI=1S/C13H10BrN3O/c14-9-2-1-7-5-12(18)10(4-8(7)3-9)11-6-13(15)17-16-11/h1-6,18H,(H3,15,16,17). The molecule has 90 valence electrons. The number of phenolic OH excluding ortho intramolecular Hbond substituents is 1. The molecule has 0 amide bonds. The van der Waals surface area contributed by atoms with E-state index in [-0.39, 0.29) is 5.75 Å². The first-order chi connectivity index (χ1) is 8.63. The maximum atomic E-state index is 10.0. The van der Waals surface area contributed by atoms with Crippen molar-refractivity contribution in [3.63, 3.8) is 0 Å². The fraction of sp³-hybridized carbons (Fsp3) is 0. The van der Waals surface area contributed by atoms with Crippen LogP contribution in [0.3, 0.4) is 0 Å². The predicted molar refractivity (Wildman–Crippen MR) is 75.3 cm³/mol. The number of nitrogens with zero attached hydrogens (tertiary/aromatic N) is 1. The van der Waals surface area contributed by atoms with Crippen molar-refractivity contribution in [3.05, 3.63) is 40.9 Å². The Kier molecular flexibility index (Phi) is 2.48. The largest absolute Gasteiger partial charge is 0.507 e. The third-order valence-electron chi connectivity index (χ3n) is 2.80. The number of aromatic hydroxyl groups is 1. The van der Waals surface area contributed by atoms with E-state index in [9.17, 15) is 5.11 Å². The lowest BCUT2D eigenvalue weighted by Gasteiger charge is -2.05. The Bertz CT molecular complexity index is 736. The predicted octanol–water partition coefficient (Wildman–Crippen LogP) is 3.28. The number of benzene rings is 2. The lowest BCUT2D eigenvalue weighted by Crippen LogP contribution is -1.82. The quantitative estimate of drug-likeness (QED) is 0.646. The van der Waals surface area contributed by atoms with Gasteiger partial charge in [-0.3, -0.25) is 5.10 Å². The molecule has 18 heavy (non-hydrogen) atoms. The van der Waals surface area contributed by atoms with Gasteiger partial charge in [-0.2, -0.15) is 5.10 Å². The zero-order chi connectivity index (χ0) is 12.7. The van der Waals surface area contributed by atoms with Crippen molar-refractivity contribution < 1.29 is 5.11 Å². The van der Waals surface area contributed by atoms with Gasteiger partial charge in [0.05, 0.1) is 5.69 Å². The van der Waals surface area contributed by atoms with Gasteiger partial charge in [-0.05, 0) is 35.0 Å². The van der Waals surface area contributed by atoms with Gasteiger partial charge >= 0.3 is 0 Å². The molecule has 1 aromatic heterocycles. The normalized spacial score (nSPS) is 10.9. The molecule has 0 saturated carbocycles. The Balaban J connectivity index is 2.26. The van der Waals surface area contributed by atoms with Crippen LogP contribution in [0.5, 0.6) is 5.75 Å². The number of nitrogen functional groups attached to an aromatic ring is 1. The number of hydrogen-bond donors (Lipinski definition) is 3. The number of nitrogens with one attached hydrogen (secondary N) is 1. The summed E-state index contributed by atoms with van der Waals surface area (Å²) in [6.45, 7) is 0. The third-order valence-corrected chi connectivity index (χ3v) is 3.30. The highest BCUT2D eigenvalue weighted by atomic mass is 79.9. The van der Waals surface area contributed by atoms with E-state index in [1.54, 1.807) is 12.1 Å². The van der Waals surface area contributed by atoms with Gasteiger partial charge in [0.25, 0.3) is 0 Å². The maximum absolute atomic E-state index is 10.0. The number of H-pyrrole nitrogens is 1. The highest BCUT2D eigenvalue weighted by Crippen LogP contribution is 2.33. The Hall–Kier alpha value is -2.01. The Morgan fingerprint density at radius 2 is 1.94 bits per heavy atom. The summed E-state index contributed by atoms with van der Waals surface area (Å²) < 4.78 is 0.996. The lowest BCUT2D eigenvalue weighted by molar-refractivity contribution is 0.478. The number of halogens is 1. The highest BCUT2D eigenvalue weighted by molar-refractivity contribution is 9.10. The first kappa shape index (κ1) is 11.1. The molecule has 0 spiro atoms. The average Bonchev–Trinajstić information content (AvgIpc) is 2.75. The highest BCUT2D eigenvalue weighted by Gasteiger charge is 2.09. The van der Waals surface area contributed by atoms with Crippen molar-refractivity contribution in [2.75, 3.05) is 5.73 Å². The summed E-state index contributed by atoms with van der Waals surface area (Å²) in [6, 6.07) is 11.2. The summed E-state index contributed by atoms with van der Waals surface area (Å²) in [6.07, 6.45) is 0. The molecule has 0 aliphatic rings. The van der Waals surface area contributed by atoms with E-state index in [1.165, 1.54) is 0 Å². The maximum Gasteiger partial charge on any atom is 0.145 e. The molecule has 1 heterocycles. The van der Waals surface area contributed by atoms with Crippen LogP contribution >= 0.6 is 15.9 Å². The van der Waals surface area contributed by atoms with Crippen LogP contribution in [0.25, 0.3) is 22.0 Å². The summed E-state index contributed by atoms with van der Waals surface area (Å²) in [4.78, 5) is 0. The van der Waals surface area contributed by atoms with Crippen LogP contribution in [0.2, 0.25) is 0 Å². The number of hydrogen-bond acceptors (Lipinski definition) is 3. The molecule has 0 unspecified atom stereocenters. The fourth-order valence-electron chi connectivity index (χ4n) is 1.95. The van der Waals surface area contributed by atoms with Crippen LogP contribution in [0.1, 0.15) is 0 Å². The number of anilines is 1. The molecule has 4 nitrogen and oxygen atoms in total. The zero-order valence-corrected chi connectivity index (χ0v) is 10.9. The molecule has 3 aromatic rings. The molecule has 0 atom stereocenters. The van der Waals surface area contributed by atoms with E-state index < -0.39 is 0 Å². The van der Waals surface area contributed by atoms with Gasteiger partial charge in [-0.25, -0.2) is 0 Å². The first-order valence-electron chi connectivity index (χ1n) is 5.37. The number of phenols is 1. The van der Waals surface area contributed by atoms with Crippen molar-refractivity contribution in [2.45, 2.75) is 0 Å². The summed E-state index contributed by atoms with van der Waals surface area (Å²) in [5, 5.41) is 18.7. The summed E-state index contributed by atoms with van der Waals surface area (Å²) in [5.74, 6) is 0.604. The van der Waals surface area contributed by atoms with Crippen molar-refractivity contribution in [1.82, 2.24) is 10.2 Å². The Morgan fingerprint density at radius 3 is 2.67 bits per heavy atom. The van der Waals surface area contributed by atoms with E-state index in [0.717, 1.165) is 15.2 Å². The number of rotatable bonds is 1. The van der Waals surface area contributed by atoms with Gasteiger partial charge in [0.1, 0.15) is 11.6 Å². The van der Waals surface area contributed by atoms with Gasteiger partial charge < -0.3 is 10.8 Å². The fourth-order valence-corrected chi connectivity index (χ4v) is 2.33. The number of nitrogens with two attached hydrogens (primary N) is 1. The monoisotopic (exact) mass is 303 g/mol. The second-order valence-electron chi connectivity index (χ2n) is 4.07. The van der Waals surface area contributed by atoms with Gasteiger partial charge in [0.15, 0.2) is 0 Å². The lowest BCUT2D eigenvalue weighted by atomic mass is 10.0. The van der Waals surface area contributed by atoms with Crippen LogP contribution in [0.15, 0.2) is 40.9 Å². The molecular formula is C13H10BrN3O. The summed E-state index contributed by atoms with van der Waals surface area (Å²) in [5.41, 5.74) is 6.96. The summed E-state index contributed by atoms with van der Waals surface area (Å²) in [7, 11) is 0. The molecule has 2 aromatic carbocycles. The van der Waals surface area contributed by atoms with E-state index in [0.29, 0.717) is 17.1 Å². The molecule has 5 heteroatoms. The third kappa shape index (κ3) is 1.82. The van der Waals surface area contributed by atoms with E-state index >= 15 is 0 Å². The number of fused-ring (bicyclic) bond motifs is 1. The molecular weight excluding hydrogens is 294 g/mol. The van der Waals surface area contributed by atoms with Crippen LogP contribution in [-0.4, -0.2) is 15.3 Å². The molecule has 0 radical (unpaired) electrons. The molecule has 4 N–H and O–H groups in total. The smallest absolute Gasteiger partial charge is 0.145 e. The molecule has 0 fully saturated rings. The van der Waals surface area contributed by atoms with E-state index in [2.05, 4.69) is 26.1 Å². The van der Waals surface area contributed by atoms with Crippen molar-refractivity contribution >= 4 is 32.5 Å². The Labute approximate surface area is 112 Å². The van der Waals surface area contributed by atoms with Crippen molar-refractivity contribution in [2.24, 2.45) is 0 Å². The number of aromatic nitrogens is 2. The topological polar surface area (TPSA) is 74.9 Å². The minimum Gasteiger partial charge on any atom is -0.507 e. The van der Waals surface area contributed by atoms with Gasteiger partial charge in [-0.1, -0.05) is 22.0 Å². The van der Waals surface area contributed by atoms with Crippen LogP contribution < -0.4 is 5.73 Å². The van der Waals surface area contributed by atoms with Gasteiger partial charge in [0, 0.05) is 16.1 Å². The zero-order valence-electron chi connectivity index (χ0n) is 9.31. The molecule has 0 aliphatic carbocycles. The van der Waals surface area contributed by atoms with Crippen molar-refractivity contribution in [3.8, 4) is 17.0 Å². The van der Waals surface area contributed by atoms with Crippen molar-refractivity contribution in [1.29, 1.82) is 0 Å².